The number of primary amides is 1. The first-order chi connectivity index (χ1) is 10.5. The zero-order chi connectivity index (χ0) is 16.1. The van der Waals surface area contributed by atoms with E-state index < -0.39 is 18.0 Å². The number of hydrogen-bond acceptors (Lipinski definition) is 3. The third kappa shape index (κ3) is 4.00. The molecule has 0 spiro atoms. The molecule has 6 heteroatoms. The molecule has 2 rings (SSSR count). The van der Waals surface area contributed by atoms with Gasteiger partial charge in [-0.1, -0.05) is 32.0 Å². The second kappa shape index (κ2) is 6.98. The molecular weight excluding hydrogens is 282 g/mol. The lowest BCUT2D eigenvalue weighted by Gasteiger charge is -2.16. The molecule has 0 radical (unpaired) electrons. The van der Waals surface area contributed by atoms with Gasteiger partial charge in [0.15, 0.2) is 0 Å². The summed E-state index contributed by atoms with van der Waals surface area (Å²) in [7, 11) is 0. The Morgan fingerprint density at radius 3 is 2.73 bits per heavy atom. The van der Waals surface area contributed by atoms with Crippen molar-refractivity contribution in [1.82, 2.24) is 10.3 Å². The van der Waals surface area contributed by atoms with Crippen LogP contribution in [0.5, 0.6) is 0 Å². The molecule has 0 saturated carbocycles. The van der Waals surface area contributed by atoms with Gasteiger partial charge in [0.1, 0.15) is 6.04 Å². The molecule has 0 bridgehead atoms. The number of rotatable bonds is 6. The minimum atomic E-state index is -0.807. The van der Waals surface area contributed by atoms with Gasteiger partial charge in [-0.25, -0.2) is 4.79 Å². The van der Waals surface area contributed by atoms with Crippen LogP contribution in [0, 0.1) is 5.92 Å². The number of hydrogen-bond donors (Lipinski definition) is 3. The van der Waals surface area contributed by atoms with E-state index in [1.54, 1.807) is 0 Å². The number of alkyl carbamates (subject to hydrolysis) is 1. The van der Waals surface area contributed by atoms with E-state index in [9.17, 15) is 9.59 Å². The van der Waals surface area contributed by atoms with Crippen molar-refractivity contribution >= 4 is 22.9 Å². The third-order valence-electron chi connectivity index (χ3n) is 3.28. The van der Waals surface area contributed by atoms with Crippen molar-refractivity contribution < 1.29 is 14.3 Å². The van der Waals surface area contributed by atoms with E-state index in [0.717, 1.165) is 16.5 Å². The van der Waals surface area contributed by atoms with Crippen LogP contribution in [0.25, 0.3) is 10.9 Å². The van der Waals surface area contributed by atoms with Crippen molar-refractivity contribution in [3.63, 3.8) is 0 Å². The van der Waals surface area contributed by atoms with E-state index in [1.807, 2.05) is 44.3 Å². The van der Waals surface area contributed by atoms with Crippen LogP contribution in [0.2, 0.25) is 0 Å². The van der Waals surface area contributed by atoms with E-state index in [2.05, 4.69) is 10.3 Å². The Labute approximate surface area is 129 Å². The number of fused-ring (bicyclic) bond motifs is 1. The summed E-state index contributed by atoms with van der Waals surface area (Å²) in [6, 6.07) is 6.94. The number of nitrogens with one attached hydrogen (secondary N) is 2. The van der Waals surface area contributed by atoms with Gasteiger partial charge < -0.3 is 20.8 Å². The van der Waals surface area contributed by atoms with Gasteiger partial charge in [-0.15, -0.1) is 0 Å². The van der Waals surface area contributed by atoms with Crippen molar-refractivity contribution in [2.75, 3.05) is 6.61 Å². The maximum absolute atomic E-state index is 11.7. The third-order valence-corrected chi connectivity index (χ3v) is 3.28. The number of carbonyl (C=O) groups is 2. The lowest BCUT2D eigenvalue weighted by Crippen LogP contribution is -2.46. The van der Waals surface area contributed by atoms with E-state index in [4.69, 9.17) is 10.5 Å². The monoisotopic (exact) mass is 303 g/mol. The fraction of sp³-hybridized carbons (Fsp3) is 0.375. The van der Waals surface area contributed by atoms with Gasteiger partial charge in [0.05, 0.1) is 6.61 Å². The number of aromatic amines is 1. The predicted molar refractivity (Wildman–Crippen MR) is 84.3 cm³/mol. The van der Waals surface area contributed by atoms with Crippen molar-refractivity contribution in [2.45, 2.75) is 26.3 Å². The maximum atomic E-state index is 11.7. The largest absolute Gasteiger partial charge is 0.449 e. The molecular formula is C16H21N3O3. The molecule has 1 aromatic heterocycles. The summed E-state index contributed by atoms with van der Waals surface area (Å²) in [5, 5.41) is 3.53. The second-order valence-electron chi connectivity index (χ2n) is 5.66. The molecule has 1 heterocycles. The van der Waals surface area contributed by atoms with Crippen molar-refractivity contribution in [3.8, 4) is 0 Å². The molecule has 0 aliphatic heterocycles. The average Bonchev–Trinajstić information content (AvgIpc) is 2.87. The number of nitrogens with two attached hydrogens (primary N) is 1. The number of ether oxygens (including phenoxy) is 1. The maximum Gasteiger partial charge on any atom is 0.407 e. The fourth-order valence-corrected chi connectivity index (χ4v) is 2.17. The Balaban J connectivity index is 2.06. The summed E-state index contributed by atoms with van der Waals surface area (Å²) in [5.74, 6) is -0.363. The van der Waals surface area contributed by atoms with Gasteiger partial charge in [-0.3, -0.25) is 4.79 Å². The van der Waals surface area contributed by atoms with Crippen molar-refractivity contribution in [2.24, 2.45) is 11.7 Å². The Morgan fingerprint density at radius 1 is 1.32 bits per heavy atom. The quantitative estimate of drug-likeness (QED) is 0.760. The van der Waals surface area contributed by atoms with Crippen LogP contribution in [0.4, 0.5) is 4.79 Å². The standard InChI is InChI=1S/C16H21N3O3/c1-10(2)9-22-16(21)19-14(15(17)20)7-11-8-18-13-6-4-3-5-12(11)13/h3-6,8,10,14,18H,7,9H2,1-2H3,(H2,17,20)(H,19,21). The highest BCUT2D eigenvalue weighted by molar-refractivity contribution is 5.87. The highest BCUT2D eigenvalue weighted by Crippen LogP contribution is 2.19. The van der Waals surface area contributed by atoms with E-state index in [1.165, 1.54) is 0 Å². The molecule has 0 aliphatic rings. The van der Waals surface area contributed by atoms with Crippen LogP contribution in [0.15, 0.2) is 30.5 Å². The van der Waals surface area contributed by atoms with Gasteiger partial charge in [0, 0.05) is 23.5 Å². The topological polar surface area (TPSA) is 97.2 Å². The zero-order valence-electron chi connectivity index (χ0n) is 12.8. The zero-order valence-corrected chi connectivity index (χ0v) is 12.8. The number of amides is 2. The minimum Gasteiger partial charge on any atom is -0.449 e. The lowest BCUT2D eigenvalue weighted by molar-refractivity contribution is -0.119. The van der Waals surface area contributed by atoms with Crippen LogP contribution in [-0.4, -0.2) is 29.6 Å². The van der Waals surface area contributed by atoms with Gasteiger partial charge >= 0.3 is 6.09 Å². The second-order valence-corrected chi connectivity index (χ2v) is 5.66. The molecule has 0 fully saturated rings. The number of aromatic nitrogens is 1. The number of para-hydroxylation sites is 1. The average molecular weight is 303 g/mol. The van der Waals surface area contributed by atoms with Crippen molar-refractivity contribution in [1.29, 1.82) is 0 Å². The Bertz CT molecular complexity index is 663. The summed E-state index contributed by atoms with van der Waals surface area (Å²) < 4.78 is 5.03. The van der Waals surface area contributed by atoms with Crippen LogP contribution >= 0.6 is 0 Å². The molecule has 1 atom stereocenters. The lowest BCUT2D eigenvalue weighted by atomic mass is 10.0. The SMILES string of the molecule is CC(C)COC(=O)NC(Cc1c[nH]c2ccccc12)C(N)=O. The van der Waals surface area contributed by atoms with Crippen LogP contribution in [0.3, 0.4) is 0 Å². The highest BCUT2D eigenvalue weighted by Gasteiger charge is 2.21. The van der Waals surface area contributed by atoms with Crippen molar-refractivity contribution in [3.05, 3.63) is 36.0 Å². The normalized spacial score (nSPS) is 12.3. The van der Waals surface area contributed by atoms with E-state index in [0.29, 0.717) is 13.0 Å². The van der Waals surface area contributed by atoms with Gasteiger partial charge in [-0.05, 0) is 17.5 Å². The molecule has 6 nitrogen and oxygen atoms in total. The van der Waals surface area contributed by atoms with Gasteiger partial charge in [-0.2, -0.15) is 0 Å². The molecule has 2 aromatic rings. The molecule has 118 valence electrons. The van der Waals surface area contributed by atoms with Crippen LogP contribution in [-0.2, 0) is 16.0 Å². The smallest absolute Gasteiger partial charge is 0.407 e. The van der Waals surface area contributed by atoms with Crippen LogP contribution < -0.4 is 11.1 Å². The van der Waals surface area contributed by atoms with E-state index in [-0.39, 0.29) is 5.92 Å². The molecule has 2 amide bonds. The first-order valence-electron chi connectivity index (χ1n) is 7.25. The summed E-state index contributed by atoms with van der Waals surface area (Å²) in [6.45, 7) is 4.17. The van der Waals surface area contributed by atoms with Crippen LogP contribution in [0.1, 0.15) is 19.4 Å². The first-order valence-corrected chi connectivity index (χ1v) is 7.25. The minimum absolute atomic E-state index is 0.228. The first kappa shape index (κ1) is 15.9. The van der Waals surface area contributed by atoms with Gasteiger partial charge in [0.2, 0.25) is 5.91 Å². The summed E-state index contributed by atoms with van der Waals surface area (Å²) in [4.78, 5) is 26.4. The van der Waals surface area contributed by atoms with E-state index >= 15 is 0 Å². The summed E-state index contributed by atoms with van der Waals surface area (Å²) >= 11 is 0. The molecule has 1 unspecified atom stereocenters. The summed E-state index contributed by atoms with van der Waals surface area (Å²) in [5.41, 5.74) is 7.28. The molecule has 1 aromatic carbocycles. The Kier molecular flexibility index (Phi) is 5.04. The summed E-state index contributed by atoms with van der Waals surface area (Å²) in [6.07, 6.45) is 1.51. The molecule has 22 heavy (non-hydrogen) atoms. The number of benzene rings is 1. The predicted octanol–water partition coefficient (Wildman–Crippen LogP) is 1.95. The molecule has 0 aliphatic carbocycles. The van der Waals surface area contributed by atoms with Gasteiger partial charge in [0.25, 0.3) is 0 Å². The number of H-pyrrole nitrogens is 1. The number of carbonyl (C=O) groups excluding carboxylic acids is 2. The molecule has 0 saturated heterocycles. The Morgan fingerprint density at radius 2 is 2.05 bits per heavy atom. The fourth-order valence-electron chi connectivity index (χ4n) is 2.17. The highest BCUT2D eigenvalue weighted by atomic mass is 16.5. The Hall–Kier alpha value is -2.50. The molecule has 4 N–H and O–H groups in total.